The number of carbonyl (C=O) groups is 1. The lowest BCUT2D eigenvalue weighted by atomic mass is 9.95. The van der Waals surface area contributed by atoms with Crippen molar-refractivity contribution in [3.8, 4) is 0 Å². The molecule has 29 heavy (non-hydrogen) atoms. The minimum atomic E-state index is -0.468. The molecule has 0 radical (unpaired) electrons. The summed E-state index contributed by atoms with van der Waals surface area (Å²) in [6.07, 6.45) is 4.47. The second kappa shape index (κ2) is 8.92. The van der Waals surface area contributed by atoms with E-state index >= 15 is 0 Å². The number of amides is 1. The van der Waals surface area contributed by atoms with E-state index in [1.54, 1.807) is 12.0 Å². The van der Waals surface area contributed by atoms with Crippen LogP contribution in [-0.2, 0) is 17.6 Å². The van der Waals surface area contributed by atoms with Gasteiger partial charge in [-0.2, -0.15) is 0 Å². The maximum absolute atomic E-state index is 12.8. The van der Waals surface area contributed by atoms with Gasteiger partial charge in [-0.25, -0.2) is 9.89 Å². The molecule has 8 heteroatoms. The molecule has 2 aliphatic rings. The standard InChI is InChI=1S/C21H29N5O3/c1-29-10-9-26(20(27)19-22-21(28)24-23-19)14-15-5-4-8-25(13-15)18-11-16-6-2-3-7-17(16)12-18/h2-3,6-7,15,18H,4-5,8-14H2,1H3,(H2,22,23,24,28)/t15-/m0/s1. The summed E-state index contributed by atoms with van der Waals surface area (Å²) in [5.74, 6) is 0.203. The number of aromatic amines is 2. The Morgan fingerprint density at radius 3 is 2.72 bits per heavy atom. The van der Waals surface area contributed by atoms with Crippen LogP contribution in [0.3, 0.4) is 0 Å². The summed E-state index contributed by atoms with van der Waals surface area (Å²) >= 11 is 0. The molecule has 1 atom stereocenters. The molecule has 0 bridgehead atoms. The molecular formula is C21H29N5O3. The van der Waals surface area contributed by atoms with Gasteiger partial charge in [-0.1, -0.05) is 24.3 Å². The van der Waals surface area contributed by atoms with Gasteiger partial charge in [0.05, 0.1) is 6.61 Å². The largest absolute Gasteiger partial charge is 0.383 e. The van der Waals surface area contributed by atoms with Gasteiger partial charge in [0.15, 0.2) is 0 Å². The SMILES string of the molecule is COCCN(C[C@H]1CCCN(C2Cc3ccccc3C2)C1)C(=O)c1n[nH]c(=O)[nH]1. The van der Waals surface area contributed by atoms with E-state index < -0.39 is 5.69 Å². The van der Waals surface area contributed by atoms with Crippen molar-refractivity contribution < 1.29 is 9.53 Å². The van der Waals surface area contributed by atoms with Gasteiger partial charge in [0.25, 0.3) is 5.91 Å². The molecule has 0 unspecified atom stereocenters. The topological polar surface area (TPSA) is 94.3 Å². The van der Waals surface area contributed by atoms with Crippen LogP contribution in [0.2, 0.25) is 0 Å². The Kier molecular flexibility index (Phi) is 6.10. The van der Waals surface area contributed by atoms with Crippen molar-refractivity contribution in [3.63, 3.8) is 0 Å². The Hall–Kier alpha value is -2.45. The quantitative estimate of drug-likeness (QED) is 0.726. The summed E-state index contributed by atoms with van der Waals surface area (Å²) in [4.78, 5) is 31.0. The van der Waals surface area contributed by atoms with Crippen molar-refractivity contribution in [1.29, 1.82) is 0 Å². The number of rotatable bonds is 7. The first-order valence-corrected chi connectivity index (χ1v) is 10.4. The number of aromatic nitrogens is 3. The Bertz CT molecular complexity index is 867. The van der Waals surface area contributed by atoms with E-state index in [2.05, 4.69) is 44.3 Å². The number of hydrogen-bond donors (Lipinski definition) is 2. The fourth-order valence-electron chi connectivity index (χ4n) is 4.68. The number of ether oxygens (including phenoxy) is 1. The van der Waals surface area contributed by atoms with E-state index in [0.29, 0.717) is 31.7 Å². The first-order valence-electron chi connectivity index (χ1n) is 10.4. The van der Waals surface area contributed by atoms with Crippen LogP contribution in [0, 0.1) is 5.92 Å². The normalized spacial score (nSPS) is 20.0. The molecule has 1 saturated heterocycles. The molecule has 156 valence electrons. The molecule has 1 aliphatic heterocycles. The van der Waals surface area contributed by atoms with Gasteiger partial charge >= 0.3 is 5.69 Å². The summed E-state index contributed by atoms with van der Waals surface area (Å²) in [7, 11) is 1.62. The predicted molar refractivity (Wildman–Crippen MR) is 109 cm³/mol. The van der Waals surface area contributed by atoms with E-state index in [4.69, 9.17) is 4.74 Å². The van der Waals surface area contributed by atoms with Gasteiger partial charge in [-0.3, -0.25) is 14.7 Å². The fraction of sp³-hybridized carbons (Fsp3) is 0.571. The van der Waals surface area contributed by atoms with Crippen molar-refractivity contribution in [2.75, 3.05) is 39.9 Å². The fourth-order valence-corrected chi connectivity index (χ4v) is 4.68. The highest BCUT2D eigenvalue weighted by molar-refractivity contribution is 5.90. The lowest BCUT2D eigenvalue weighted by Crippen LogP contribution is -2.47. The number of carbonyl (C=O) groups excluding carboxylic acids is 1. The highest BCUT2D eigenvalue weighted by Gasteiger charge is 2.32. The van der Waals surface area contributed by atoms with Crippen molar-refractivity contribution >= 4 is 5.91 Å². The summed E-state index contributed by atoms with van der Waals surface area (Å²) < 4.78 is 5.19. The number of benzene rings is 1. The van der Waals surface area contributed by atoms with Crippen LogP contribution in [0.25, 0.3) is 0 Å². The van der Waals surface area contributed by atoms with Gasteiger partial charge in [-0.05, 0) is 49.3 Å². The molecule has 1 amide bonds. The molecule has 8 nitrogen and oxygen atoms in total. The molecular weight excluding hydrogens is 370 g/mol. The van der Waals surface area contributed by atoms with Gasteiger partial charge in [-0.15, -0.1) is 5.10 Å². The van der Waals surface area contributed by atoms with Gasteiger partial charge in [0.2, 0.25) is 5.82 Å². The Morgan fingerprint density at radius 1 is 1.31 bits per heavy atom. The number of nitrogens with one attached hydrogen (secondary N) is 2. The molecule has 2 aromatic rings. The van der Waals surface area contributed by atoms with Crippen LogP contribution in [0.4, 0.5) is 0 Å². The summed E-state index contributed by atoms with van der Waals surface area (Å²) in [5.41, 5.74) is 2.47. The summed E-state index contributed by atoms with van der Waals surface area (Å²) in [6, 6.07) is 9.29. The van der Waals surface area contributed by atoms with E-state index in [9.17, 15) is 9.59 Å². The van der Waals surface area contributed by atoms with Crippen molar-refractivity contribution in [3.05, 3.63) is 51.7 Å². The average Bonchev–Trinajstić information content (AvgIpc) is 3.37. The number of nitrogens with zero attached hydrogens (tertiary/aromatic N) is 3. The molecule has 2 heterocycles. The summed E-state index contributed by atoms with van der Waals surface area (Å²) in [6.45, 7) is 3.69. The van der Waals surface area contributed by atoms with Crippen LogP contribution < -0.4 is 5.69 Å². The maximum atomic E-state index is 12.8. The molecule has 2 N–H and O–H groups in total. The number of H-pyrrole nitrogens is 2. The summed E-state index contributed by atoms with van der Waals surface area (Å²) in [5, 5.41) is 6.07. The van der Waals surface area contributed by atoms with Crippen LogP contribution in [0.5, 0.6) is 0 Å². The Labute approximate surface area is 170 Å². The third-order valence-corrected chi connectivity index (χ3v) is 6.13. The smallest absolute Gasteiger partial charge is 0.341 e. The van der Waals surface area contributed by atoms with E-state index in [1.165, 1.54) is 11.1 Å². The van der Waals surface area contributed by atoms with Crippen molar-refractivity contribution in [2.24, 2.45) is 5.92 Å². The molecule has 1 fully saturated rings. The average molecular weight is 399 g/mol. The third kappa shape index (κ3) is 4.59. The second-order valence-corrected chi connectivity index (χ2v) is 8.10. The highest BCUT2D eigenvalue weighted by atomic mass is 16.5. The second-order valence-electron chi connectivity index (χ2n) is 8.10. The minimum Gasteiger partial charge on any atom is -0.383 e. The van der Waals surface area contributed by atoms with Crippen LogP contribution in [-0.4, -0.2) is 76.8 Å². The molecule has 1 aliphatic carbocycles. The van der Waals surface area contributed by atoms with E-state index in [0.717, 1.165) is 38.8 Å². The van der Waals surface area contributed by atoms with E-state index in [1.807, 2.05) is 0 Å². The number of hydrogen-bond acceptors (Lipinski definition) is 5. The van der Waals surface area contributed by atoms with Crippen LogP contribution in [0.1, 0.15) is 34.6 Å². The first kappa shape index (κ1) is 19.8. The molecule has 1 aromatic heterocycles. The van der Waals surface area contributed by atoms with Gasteiger partial charge in [0, 0.05) is 32.8 Å². The van der Waals surface area contributed by atoms with Crippen molar-refractivity contribution in [2.45, 2.75) is 31.7 Å². The first-order chi connectivity index (χ1) is 14.1. The molecule has 4 rings (SSSR count). The van der Waals surface area contributed by atoms with Crippen LogP contribution in [0.15, 0.2) is 29.1 Å². The lowest BCUT2D eigenvalue weighted by Gasteiger charge is -2.38. The van der Waals surface area contributed by atoms with Crippen LogP contribution >= 0.6 is 0 Å². The number of fused-ring (bicyclic) bond motifs is 1. The molecule has 1 aromatic carbocycles. The molecule has 0 saturated carbocycles. The van der Waals surface area contributed by atoms with E-state index in [-0.39, 0.29) is 11.7 Å². The number of methoxy groups -OCH3 is 1. The predicted octanol–water partition coefficient (Wildman–Crippen LogP) is 1.07. The monoisotopic (exact) mass is 399 g/mol. The lowest BCUT2D eigenvalue weighted by molar-refractivity contribution is 0.0563. The third-order valence-electron chi connectivity index (χ3n) is 6.13. The number of likely N-dealkylation sites (tertiary alicyclic amines) is 1. The maximum Gasteiger partial charge on any atom is 0.341 e. The zero-order valence-corrected chi connectivity index (χ0v) is 16.9. The zero-order chi connectivity index (χ0) is 20.2. The van der Waals surface area contributed by atoms with Gasteiger partial charge < -0.3 is 9.64 Å². The Balaban J connectivity index is 1.40. The zero-order valence-electron chi connectivity index (χ0n) is 16.9. The molecule has 0 spiro atoms. The van der Waals surface area contributed by atoms with Crippen molar-refractivity contribution in [1.82, 2.24) is 25.0 Å². The Morgan fingerprint density at radius 2 is 2.07 bits per heavy atom. The van der Waals surface area contributed by atoms with Gasteiger partial charge in [0.1, 0.15) is 0 Å². The minimum absolute atomic E-state index is 0.0602. The number of piperidine rings is 1. The highest BCUT2D eigenvalue weighted by Crippen LogP contribution is 2.29.